The molecule has 0 aromatic heterocycles. The molecule has 0 saturated heterocycles. The second-order valence-corrected chi connectivity index (χ2v) is 14.5. The maximum absolute atomic E-state index is 6.49. The van der Waals surface area contributed by atoms with Gasteiger partial charge in [0, 0.05) is 0 Å². The first-order valence-corrected chi connectivity index (χ1v) is 14.7. The van der Waals surface area contributed by atoms with Gasteiger partial charge in [0.1, 0.15) is 0 Å². The molecule has 0 N–H and O–H groups in total. The van der Waals surface area contributed by atoms with Crippen molar-refractivity contribution >= 4 is 39.2 Å². The standard InChI is InChI=1S/C12H10Cl2Si.2C8H11.Ti/c13-15(14,11-7-3-1-4-8-11)12-9-5-2-6-10-12;2*1-6-4-7(2)8(3)5-6;/h1-10H;2*4,8H,1-3H3;/q;2*-1;+2. The van der Waals surface area contributed by atoms with Crippen LogP contribution in [0, 0.1) is 24.0 Å². The molecular formula is C28H32Cl2SiTi. The van der Waals surface area contributed by atoms with Crippen LogP contribution in [-0.2, 0) is 21.7 Å². The van der Waals surface area contributed by atoms with E-state index in [2.05, 4.69) is 65.8 Å². The van der Waals surface area contributed by atoms with Gasteiger partial charge in [-0.25, -0.2) is 23.3 Å². The van der Waals surface area contributed by atoms with Crippen molar-refractivity contribution < 1.29 is 21.7 Å². The van der Waals surface area contributed by atoms with Crippen molar-refractivity contribution in [1.29, 1.82) is 0 Å². The van der Waals surface area contributed by atoms with Crippen molar-refractivity contribution in [1.82, 2.24) is 0 Å². The van der Waals surface area contributed by atoms with Gasteiger partial charge in [0.25, 0.3) is 0 Å². The zero-order valence-electron chi connectivity index (χ0n) is 19.8. The number of allylic oxidation sites excluding steroid dienone is 8. The molecule has 4 heteroatoms. The second kappa shape index (κ2) is 13.6. The van der Waals surface area contributed by atoms with Crippen LogP contribution in [0.25, 0.3) is 0 Å². The van der Waals surface area contributed by atoms with E-state index in [0.717, 1.165) is 10.4 Å². The predicted molar refractivity (Wildman–Crippen MR) is 140 cm³/mol. The maximum atomic E-state index is 6.49. The Balaban J connectivity index is 0.000000257. The van der Waals surface area contributed by atoms with Gasteiger partial charge >= 0.3 is 28.4 Å². The fraction of sp³-hybridized carbons (Fsp3) is 0.286. The van der Waals surface area contributed by atoms with E-state index in [0.29, 0.717) is 11.8 Å². The summed E-state index contributed by atoms with van der Waals surface area (Å²) in [4.78, 5) is 0. The first-order valence-electron chi connectivity index (χ1n) is 10.7. The molecule has 0 fully saturated rings. The molecule has 2 aliphatic carbocycles. The Labute approximate surface area is 220 Å². The monoisotopic (exact) mass is 514 g/mol. The summed E-state index contributed by atoms with van der Waals surface area (Å²) in [6.45, 7) is 10.3. The Kier molecular flexibility index (Phi) is 12.3. The molecular weight excluding hydrogens is 483 g/mol. The van der Waals surface area contributed by atoms with Crippen LogP contribution in [0.3, 0.4) is 0 Å². The van der Waals surface area contributed by atoms with Gasteiger partial charge in [0.2, 0.25) is 0 Å². The molecule has 32 heavy (non-hydrogen) atoms. The van der Waals surface area contributed by atoms with Crippen molar-refractivity contribution in [3.8, 4) is 0 Å². The summed E-state index contributed by atoms with van der Waals surface area (Å²) in [5.41, 5.74) is 5.44. The summed E-state index contributed by atoms with van der Waals surface area (Å²) < 4.78 is 0. The van der Waals surface area contributed by atoms with E-state index >= 15 is 0 Å². The zero-order chi connectivity index (χ0) is 23.0. The average Bonchev–Trinajstić information content (AvgIpc) is 3.21. The van der Waals surface area contributed by atoms with Gasteiger partial charge in [-0.1, -0.05) is 114 Å². The van der Waals surface area contributed by atoms with Crippen LogP contribution in [0.4, 0.5) is 0 Å². The molecule has 0 heterocycles. The topological polar surface area (TPSA) is 0 Å². The summed E-state index contributed by atoms with van der Waals surface area (Å²) >= 11 is 13.0. The number of hydrogen-bond donors (Lipinski definition) is 0. The molecule has 2 aromatic rings. The summed E-state index contributed by atoms with van der Waals surface area (Å²) in [7, 11) is 0. The van der Waals surface area contributed by atoms with Crippen LogP contribution in [0.1, 0.15) is 41.5 Å². The Morgan fingerprint density at radius 3 is 1.12 bits per heavy atom. The molecule has 2 unspecified atom stereocenters. The Hall–Kier alpha value is -1.09. The molecule has 0 saturated carbocycles. The van der Waals surface area contributed by atoms with Crippen LogP contribution >= 0.6 is 22.2 Å². The summed E-state index contributed by atoms with van der Waals surface area (Å²) in [6.07, 6.45) is 11.0. The first-order chi connectivity index (χ1) is 14.6. The van der Waals surface area contributed by atoms with Crippen LogP contribution in [0.5, 0.6) is 0 Å². The Morgan fingerprint density at radius 1 is 0.625 bits per heavy atom. The molecule has 0 bridgehead atoms. The van der Waals surface area contributed by atoms with Gasteiger partial charge < -0.3 is 0 Å². The number of rotatable bonds is 2. The molecule has 0 spiro atoms. The molecule has 0 nitrogen and oxygen atoms in total. The third-order valence-electron chi connectivity index (χ3n) is 5.42. The molecule has 4 rings (SSSR count). The number of benzene rings is 2. The van der Waals surface area contributed by atoms with E-state index in [1.54, 1.807) is 0 Å². The van der Waals surface area contributed by atoms with Gasteiger partial charge in [-0.05, 0) is 10.4 Å². The van der Waals surface area contributed by atoms with Crippen molar-refractivity contribution in [3.05, 3.63) is 107 Å². The quantitative estimate of drug-likeness (QED) is 0.222. The smallest absolute Gasteiger partial charge is 0.266 e. The van der Waals surface area contributed by atoms with Gasteiger partial charge in [0.05, 0.1) is 0 Å². The molecule has 0 radical (unpaired) electrons. The summed E-state index contributed by atoms with van der Waals surface area (Å²) in [5, 5.41) is 2.05. The predicted octanol–water partition coefficient (Wildman–Crippen LogP) is 7.38. The minimum atomic E-state index is -2.51. The summed E-state index contributed by atoms with van der Waals surface area (Å²) in [6, 6.07) is 19.7. The van der Waals surface area contributed by atoms with Crippen molar-refractivity contribution in [3.63, 3.8) is 0 Å². The molecule has 2 aliphatic rings. The van der Waals surface area contributed by atoms with E-state index in [9.17, 15) is 0 Å². The molecule has 2 aromatic carbocycles. The second-order valence-electron chi connectivity index (χ2n) is 8.18. The first kappa shape index (κ1) is 28.9. The van der Waals surface area contributed by atoms with Crippen LogP contribution in [0.15, 0.2) is 95.1 Å². The summed E-state index contributed by atoms with van der Waals surface area (Å²) in [5.74, 6) is 1.13. The third-order valence-corrected chi connectivity index (χ3v) is 10.2. The van der Waals surface area contributed by atoms with Gasteiger partial charge in [-0.15, -0.1) is 22.2 Å². The van der Waals surface area contributed by atoms with E-state index in [1.165, 1.54) is 22.3 Å². The normalized spacial score (nSPS) is 19.1. The molecule has 0 amide bonds. The fourth-order valence-electron chi connectivity index (χ4n) is 3.39. The Bertz CT molecular complexity index is 894. The SMILES string of the molecule is CC1=[C-]C(C)C(C)=C1.CC1=[C-]C(C)C(C)=C1.Cl[Si](Cl)(c1ccccc1)c1ccccc1.[Ti+2]. The fourth-order valence-corrected chi connectivity index (χ4v) is 6.46. The molecule has 0 aliphatic heterocycles. The zero-order valence-corrected chi connectivity index (χ0v) is 23.9. The van der Waals surface area contributed by atoms with Crippen molar-refractivity contribution in [2.45, 2.75) is 41.5 Å². The molecule has 2 atom stereocenters. The number of hydrogen-bond acceptors (Lipinski definition) is 0. The van der Waals surface area contributed by atoms with Crippen LogP contribution in [0.2, 0.25) is 0 Å². The minimum absolute atomic E-state index is 0. The van der Waals surface area contributed by atoms with E-state index < -0.39 is 6.69 Å². The van der Waals surface area contributed by atoms with E-state index in [-0.39, 0.29) is 21.7 Å². The van der Waals surface area contributed by atoms with Gasteiger partial charge in [-0.3, -0.25) is 12.2 Å². The third kappa shape index (κ3) is 8.69. The number of halogens is 2. The minimum Gasteiger partial charge on any atom is -0.266 e. The van der Waals surface area contributed by atoms with Crippen LogP contribution < -0.4 is 10.4 Å². The van der Waals surface area contributed by atoms with Gasteiger partial charge in [-0.2, -0.15) is 11.1 Å². The van der Waals surface area contributed by atoms with Crippen LogP contribution in [-0.4, -0.2) is 6.69 Å². The average molecular weight is 515 g/mol. The van der Waals surface area contributed by atoms with E-state index in [1.807, 2.05) is 60.7 Å². The Morgan fingerprint density at radius 2 is 0.938 bits per heavy atom. The van der Waals surface area contributed by atoms with Crippen molar-refractivity contribution in [2.75, 3.05) is 0 Å². The van der Waals surface area contributed by atoms with E-state index in [4.69, 9.17) is 22.2 Å². The maximum Gasteiger partial charge on any atom is 2.00 e. The molecule has 166 valence electrons. The largest absolute Gasteiger partial charge is 2.00 e. The van der Waals surface area contributed by atoms with Crippen molar-refractivity contribution in [2.24, 2.45) is 11.8 Å². The van der Waals surface area contributed by atoms with Gasteiger partial charge in [0.15, 0.2) is 0 Å².